The number of hydrogen-bond donors (Lipinski definition) is 1. The zero-order valence-electron chi connectivity index (χ0n) is 13.1. The number of rotatable bonds is 4. The summed E-state index contributed by atoms with van der Waals surface area (Å²) < 4.78 is 15.1. The number of amides is 1. The van der Waals surface area contributed by atoms with E-state index in [1.807, 2.05) is 13.0 Å². The largest absolute Gasteiger partial charge is 0.322 e. The van der Waals surface area contributed by atoms with Crippen molar-refractivity contribution in [2.24, 2.45) is 0 Å². The van der Waals surface area contributed by atoms with Crippen molar-refractivity contribution in [2.45, 2.75) is 6.92 Å². The highest BCUT2D eigenvalue weighted by Gasteiger charge is 2.21. The van der Waals surface area contributed by atoms with Gasteiger partial charge in [-0.05, 0) is 43.3 Å². The van der Waals surface area contributed by atoms with E-state index in [9.17, 15) is 19.3 Å². The van der Waals surface area contributed by atoms with Crippen LogP contribution in [0.3, 0.4) is 0 Å². The number of nitrogens with zero attached hydrogens (tertiary/aromatic N) is 3. The molecule has 8 heteroatoms. The van der Waals surface area contributed by atoms with E-state index in [1.54, 1.807) is 35.1 Å². The van der Waals surface area contributed by atoms with Gasteiger partial charge in [-0.15, -0.1) is 0 Å². The van der Waals surface area contributed by atoms with Crippen molar-refractivity contribution in [2.75, 3.05) is 5.32 Å². The Morgan fingerprint density at radius 3 is 2.72 bits per heavy atom. The maximum absolute atomic E-state index is 13.4. The molecule has 3 rings (SSSR count). The fourth-order valence-corrected chi connectivity index (χ4v) is 2.40. The average Bonchev–Trinajstić information content (AvgIpc) is 3.00. The number of nitro groups is 1. The highest BCUT2D eigenvalue weighted by atomic mass is 19.1. The molecule has 126 valence electrons. The van der Waals surface area contributed by atoms with E-state index in [1.165, 1.54) is 0 Å². The lowest BCUT2D eigenvalue weighted by Gasteiger charge is -2.09. The molecule has 1 aromatic heterocycles. The lowest BCUT2D eigenvalue weighted by atomic mass is 10.1. The van der Waals surface area contributed by atoms with Crippen LogP contribution in [0, 0.1) is 22.9 Å². The number of nitrogens with one attached hydrogen (secondary N) is 1. The Morgan fingerprint density at radius 1 is 1.24 bits per heavy atom. The lowest BCUT2D eigenvalue weighted by Crippen LogP contribution is -2.14. The SMILES string of the molecule is Cc1ccnn1-c1cccc(NC(=O)c2cc(F)ccc2[N+](=O)[O-])c1. The Labute approximate surface area is 141 Å². The normalized spacial score (nSPS) is 10.5. The third kappa shape index (κ3) is 3.37. The zero-order valence-corrected chi connectivity index (χ0v) is 13.1. The van der Waals surface area contributed by atoms with Crippen LogP contribution >= 0.6 is 0 Å². The monoisotopic (exact) mass is 340 g/mol. The molecule has 0 unspecified atom stereocenters. The Hall–Kier alpha value is -3.55. The number of carbonyl (C=O) groups is 1. The van der Waals surface area contributed by atoms with Gasteiger partial charge >= 0.3 is 0 Å². The summed E-state index contributed by atoms with van der Waals surface area (Å²) in [4.78, 5) is 22.7. The first-order chi connectivity index (χ1) is 12.0. The molecule has 1 N–H and O–H groups in total. The number of carbonyl (C=O) groups excluding carboxylic acids is 1. The zero-order chi connectivity index (χ0) is 18.0. The predicted molar refractivity (Wildman–Crippen MR) is 89.3 cm³/mol. The molecule has 0 fully saturated rings. The van der Waals surface area contributed by atoms with Gasteiger partial charge in [0.05, 0.1) is 10.6 Å². The third-order valence-corrected chi connectivity index (χ3v) is 3.58. The molecule has 3 aromatic rings. The van der Waals surface area contributed by atoms with Crippen LogP contribution in [0.15, 0.2) is 54.7 Å². The van der Waals surface area contributed by atoms with Crippen LogP contribution in [-0.2, 0) is 0 Å². The topological polar surface area (TPSA) is 90.1 Å². The molecule has 0 saturated heterocycles. The first kappa shape index (κ1) is 16.3. The molecule has 0 saturated carbocycles. The molecule has 1 heterocycles. The average molecular weight is 340 g/mol. The van der Waals surface area contributed by atoms with Crippen LogP contribution in [0.5, 0.6) is 0 Å². The van der Waals surface area contributed by atoms with Gasteiger partial charge < -0.3 is 5.32 Å². The molecule has 0 radical (unpaired) electrons. The van der Waals surface area contributed by atoms with E-state index < -0.39 is 22.3 Å². The van der Waals surface area contributed by atoms with E-state index in [0.29, 0.717) is 11.4 Å². The second-order valence-corrected chi connectivity index (χ2v) is 5.31. The molecule has 0 spiro atoms. The number of halogens is 1. The van der Waals surface area contributed by atoms with Crippen LogP contribution in [0.25, 0.3) is 5.69 Å². The first-order valence-electron chi connectivity index (χ1n) is 7.32. The Morgan fingerprint density at radius 2 is 2.04 bits per heavy atom. The van der Waals surface area contributed by atoms with Crippen molar-refractivity contribution in [3.05, 3.63) is 81.9 Å². The molecule has 7 nitrogen and oxygen atoms in total. The van der Waals surface area contributed by atoms with Crippen molar-refractivity contribution in [3.63, 3.8) is 0 Å². The van der Waals surface area contributed by atoms with Crippen molar-refractivity contribution in [1.82, 2.24) is 9.78 Å². The van der Waals surface area contributed by atoms with Crippen molar-refractivity contribution >= 4 is 17.3 Å². The molecule has 0 aliphatic carbocycles. The highest BCUT2D eigenvalue weighted by molar-refractivity contribution is 6.07. The third-order valence-electron chi connectivity index (χ3n) is 3.58. The molecule has 0 bridgehead atoms. The van der Waals surface area contributed by atoms with Crippen molar-refractivity contribution < 1.29 is 14.1 Å². The Kier molecular flexibility index (Phi) is 4.25. The number of anilines is 1. The molecule has 0 aliphatic rings. The molecule has 1 amide bonds. The van der Waals surface area contributed by atoms with Crippen LogP contribution < -0.4 is 5.32 Å². The molecule has 0 atom stereocenters. The van der Waals surface area contributed by atoms with Crippen LogP contribution in [0.1, 0.15) is 16.1 Å². The summed E-state index contributed by atoms with van der Waals surface area (Å²) in [6, 6.07) is 11.4. The summed E-state index contributed by atoms with van der Waals surface area (Å²) >= 11 is 0. The van der Waals surface area contributed by atoms with Crippen LogP contribution in [0.2, 0.25) is 0 Å². The molecule has 2 aromatic carbocycles. The predicted octanol–water partition coefficient (Wildman–Crippen LogP) is 3.48. The van der Waals surface area contributed by atoms with Gasteiger partial charge in [0.1, 0.15) is 11.4 Å². The number of benzene rings is 2. The maximum atomic E-state index is 13.4. The number of aryl methyl sites for hydroxylation is 1. The Balaban J connectivity index is 1.91. The minimum absolute atomic E-state index is 0.342. The minimum atomic E-state index is -0.763. The Bertz CT molecular complexity index is 968. The number of nitro benzene ring substituents is 1. The van der Waals surface area contributed by atoms with Gasteiger partial charge in [-0.1, -0.05) is 6.07 Å². The van der Waals surface area contributed by atoms with Crippen LogP contribution in [-0.4, -0.2) is 20.6 Å². The summed E-state index contributed by atoms with van der Waals surface area (Å²) in [5.41, 5.74) is 1.23. The molecular weight excluding hydrogens is 327 g/mol. The fraction of sp³-hybridized carbons (Fsp3) is 0.0588. The van der Waals surface area contributed by atoms with Crippen molar-refractivity contribution in [1.29, 1.82) is 0 Å². The quantitative estimate of drug-likeness (QED) is 0.581. The van der Waals surface area contributed by atoms with E-state index in [-0.39, 0.29) is 5.56 Å². The van der Waals surface area contributed by atoms with E-state index in [0.717, 1.165) is 23.9 Å². The molecular formula is C17H13FN4O3. The van der Waals surface area contributed by atoms with E-state index in [2.05, 4.69) is 10.4 Å². The van der Waals surface area contributed by atoms with Gasteiger partial charge in [0.2, 0.25) is 0 Å². The standard InChI is InChI=1S/C17H13FN4O3/c1-11-7-8-19-21(11)14-4-2-3-13(10-14)20-17(23)15-9-12(18)5-6-16(15)22(24)25/h2-10H,1H3,(H,20,23). The molecule has 0 aliphatic heterocycles. The van der Waals surface area contributed by atoms with E-state index in [4.69, 9.17) is 0 Å². The number of aromatic nitrogens is 2. The summed E-state index contributed by atoms with van der Waals surface area (Å²) in [6.45, 7) is 1.88. The van der Waals surface area contributed by atoms with Gasteiger partial charge in [-0.25, -0.2) is 9.07 Å². The van der Waals surface area contributed by atoms with E-state index >= 15 is 0 Å². The summed E-state index contributed by atoms with van der Waals surface area (Å²) in [7, 11) is 0. The molecule has 25 heavy (non-hydrogen) atoms. The maximum Gasteiger partial charge on any atom is 0.282 e. The summed E-state index contributed by atoms with van der Waals surface area (Å²) in [6.07, 6.45) is 1.65. The smallest absolute Gasteiger partial charge is 0.282 e. The van der Waals surface area contributed by atoms with Gasteiger partial charge in [-0.2, -0.15) is 5.10 Å². The number of hydrogen-bond acceptors (Lipinski definition) is 4. The second kappa shape index (κ2) is 6.52. The van der Waals surface area contributed by atoms with Gasteiger partial charge in [0.25, 0.3) is 11.6 Å². The first-order valence-corrected chi connectivity index (χ1v) is 7.32. The minimum Gasteiger partial charge on any atom is -0.322 e. The van der Waals surface area contributed by atoms with Crippen molar-refractivity contribution in [3.8, 4) is 5.69 Å². The fourth-order valence-electron chi connectivity index (χ4n) is 2.40. The summed E-state index contributed by atoms with van der Waals surface area (Å²) in [5.74, 6) is -1.49. The second-order valence-electron chi connectivity index (χ2n) is 5.31. The van der Waals surface area contributed by atoms with Gasteiger partial charge in [-0.3, -0.25) is 14.9 Å². The van der Waals surface area contributed by atoms with Crippen LogP contribution in [0.4, 0.5) is 15.8 Å². The summed E-state index contributed by atoms with van der Waals surface area (Å²) in [5, 5.41) is 17.8. The van der Waals surface area contributed by atoms with Gasteiger partial charge in [0, 0.05) is 23.6 Å². The lowest BCUT2D eigenvalue weighted by molar-refractivity contribution is -0.385. The highest BCUT2D eigenvalue weighted by Crippen LogP contribution is 2.22. The van der Waals surface area contributed by atoms with Gasteiger partial charge in [0.15, 0.2) is 0 Å².